The van der Waals surface area contributed by atoms with Crippen molar-refractivity contribution in [2.75, 3.05) is 13.6 Å². The maximum Gasteiger partial charge on any atom is 0.305 e. The molecule has 5 nitrogen and oxygen atoms in total. The Morgan fingerprint density at radius 3 is 2.60 bits per heavy atom. The quantitative estimate of drug-likeness (QED) is 0.763. The van der Waals surface area contributed by atoms with Crippen LogP contribution >= 0.6 is 11.3 Å². The number of rotatable bonds is 3. The van der Waals surface area contributed by atoms with Crippen LogP contribution in [0, 0.1) is 19.3 Å². The second kappa shape index (κ2) is 4.18. The largest absolute Gasteiger partial charge is 0.315 e. The smallest absolute Gasteiger partial charge is 0.305 e. The van der Waals surface area contributed by atoms with Crippen LogP contribution in [-0.2, 0) is 10.0 Å². The van der Waals surface area contributed by atoms with Crippen molar-refractivity contribution in [3.63, 3.8) is 0 Å². The van der Waals surface area contributed by atoms with Gasteiger partial charge in [0.2, 0.25) is 0 Å². The molecule has 0 saturated carbocycles. The molecule has 1 N–H and O–H groups in total. The molecule has 7 heteroatoms. The number of aromatic nitrogens is 1. The Kier molecular flexibility index (Phi) is 3.34. The SMILES string of the molecule is C#CCN(C)S(=O)(=O)c1sc(=O)[nH]c1C. The Morgan fingerprint density at radius 1 is 1.60 bits per heavy atom. The van der Waals surface area contributed by atoms with E-state index < -0.39 is 10.0 Å². The molecule has 0 aromatic carbocycles. The normalized spacial score (nSPS) is 11.6. The molecule has 0 radical (unpaired) electrons. The zero-order chi connectivity index (χ0) is 11.6. The maximum absolute atomic E-state index is 11.8. The van der Waals surface area contributed by atoms with E-state index in [1.807, 2.05) is 0 Å². The molecule has 0 fully saturated rings. The summed E-state index contributed by atoms with van der Waals surface area (Å²) in [5.41, 5.74) is 0.342. The average molecular weight is 246 g/mol. The fourth-order valence-electron chi connectivity index (χ4n) is 0.992. The van der Waals surface area contributed by atoms with Crippen LogP contribution in [0.1, 0.15) is 5.69 Å². The van der Waals surface area contributed by atoms with Crippen LogP contribution in [0.15, 0.2) is 9.00 Å². The number of nitrogens with one attached hydrogen (secondary N) is 1. The van der Waals surface area contributed by atoms with Gasteiger partial charge in [-0.15, -0.1) is 6.42 Å². The standard InChI is InChI=1S/C8H10N2O3S2/c1-4-5-10(3)15(12,13)7-6(2)9-8(11)14-7/h1H,5H2,2-3H3,(H,9,11). The molecule has 82 valence electrons. The molecule has 1 rings (SSSR count). The van der Waals surface area contributed by atoms with Gasteiger partial charge in [-0.25, -0.2) is 8.42 Å². The van der Waals surface area contributed by atoms with Crippen LogP contribution in [0.4, 0.5) is 0 Å². The summed E-state index contributed by atoms with van der Waals surface area (Å²) < 4.78 is 24.7. The molecule has 15 heavy (non-hydrogen) atoms. The van der Waals surface area contributed by atoms with Crippen molar-refractivity contribution in [3.8, 4) is 12.3 Å². The van der Waals surface area contributed by atoms with E-state index in [2.05, 4.69) is 10.9 Å². The van der Waals surface area contributed by atoms with E-state index in [9.17, 15) is 13.2 Å². The summed E-state index contributed by atoms with van der Waals surface area (Å²) in [7, 11) is -2.26. The molecule has 0 atom stereocenters. The first kappa shape index (κ1) is 12.0. The Hall–Kier alpha value is -1.10. The lowest BCUT2D eigenvalue weighted by Gasteiger charge is -2.12. The highest BCUT2D eigenvalue weighted by atomic mass is 32.2. The molecule has 0 aliphatic carbocycles. The Bertz CT molecular complexity index is 547. The molecular weight excluding hydrogens is 236 g/mol. The van der Waals surface area contributed by atoms with Gasteiger partial charge >= 0.3 is 4.87 Å². The molecule has 0 bridgehead atoms. The molecule has 0 unspecified atom stereocenters. The van der Waals surface area contributed by atoms with Crippen LogP contribution in [-0.4, -0.2) is 31.3 Å². The third-order valence-corrected chi connectivity index (χ3v) is 5.13. The maximum atomic E-state index is 11.8. The number of H-pyrrole nitrogens is 1. The monoisotopic (exact) mass is 246 g/mol. The first-order valence-corrected chi connectivity index (χ1v) is 6.24. The van der Waals surface area contributed by atoms with Crippen LogP contribution in [0.3, 0.4) is 0 Å². The van der Waals surface area contributed by atoms with E-state index >= 15 is 0 Å². The number of hydrogen-bond donors (Lipinski definition) is 1. The molecule has 0 spiro atoms. The minimum absolute atomic E-state index is 0.0188. The summed E-state index contributed by atoms with van der Waals surface area (Å²) in [4.78, 5) is 13.0. The molecule has 0 aliphatic rings. The van der Waals surface area contributed by atoms with E-state index in [1.54, 1.807) is 0 Å². The fourth-order valence-corrected chi connectivity index (χ4v) is 3.56. The summed E-state index contributed by atoms with van der Waals surface area (Å²) in [5, 5.41) is 0. The van der Waals surface area contributed by atoms with Crippen molar-refractivity contribution < 1.29 is 8.42 Å². The lowest BCUT2D eigenvalue weighted by atomic mass is 10.6. The summed E-state index contributed by atoms with van der Waals surface area (Å²) in [6.07, 6.45) is 5.03. The highest BCUT2D eigenvalue weighted by Gasteiger charge is 2.24. The number of terminal acetylenes is 1. The van der Waals surface area contributed by atoms with Crippen LogP contribution in [0.5, 0.6) is 0 Å². The second-order valence-corrected chi connectivity index (χ2v) is 6.12. The molecule has 1 heterocycles. The van der Waals surface area contributed by atoms with E-state index in [0.717, 1.165) is 4.31 Å². The summed E-state index contributed by atoms with van der Waals surface area (Å²) in [6.45, 7) is 1.52. The molecule has 1 aromatic heterocycles. The van der Waals surface area contributed by atoms with Crippen molar-refractivity contribution in [2.45, 2.75) is 11.1 Å². The van der Waals surface area contributed by atoms with Crippen LogP contribution in [0.2, 0.25) is 0 Å². The Labute approximate surface area is 91.8 Å². The minimum Gasteiger partial charge on any atom is -0.315 e. The number of sulfonamides is 1. The predicted molar refractivity (Wildman–Crippen MR) is 58.3 cm³/mol. The number of aryl methyl sites for hydroxylation is 1. The first-order chi connectivity index (χ1) is 6.89. The van der Waals surface area contributed by atoms with E-state index in [4.69, 9.17) is 6.42 Å². The van der Waals surface area contributed by atoms with Gasteiger partial charge in [0.25, 0.3) is 10.0 Å². The van der Waals surface area contributed by atoms with Crippen molar-refractivity contribution in [1.29, 1.82) is 0 Å². The highest BCUT2D eigenvalue weighted by Crippen LogP contribution is 2.19. The number of nitrogens with zero attached hydrogens (tertiary/aromatic N) is 1. The lowest BCUT2D eigenvalue weighted by Crippen LogP contribution is -2.27. The van der Waals surface area contributed by atoms with E-state index in [0.29, 0.717) is 17.0 Å². The summed E-state index contributed by atoms with van der Waals surface area (Å²) in [5.74, 6) is 2.23. The zero-order valence-electron chi connectivity index (χ0n) is 8.27. The average Bonchev–Trinajstić information content (AvgIpc) is 2.46. The molecule has 1 aromatic rings. The van der Waals surface area contributed by atoms with Crippen LogP contribution in [0.25, 0.3) is 0 Å². The van der Waals surface area contributed by atoms with Gasteiger partial charge in [0.05, 0.1) is 6.54 Å². The number of aromatic amines is 1. The third kappa shape index (κ3) is 2.28. The van der Waals surface area contributed by atoms with Crippen molar-refractivity contribution in [3.05, 3.63) is 15.4 Å². The Morgan fingerprint density at radius 2 is 2.20 bits per heavy atom. The van der Waals surface area contributed by atoms with Gasteiger partial charge in [-0.1, -0.05) is 17.3 Å². The highest BCUT2D eigenvalue weighted by molar-refractivity contribution is 7.91. The molecule has 0 aliphatic heterocycles. The lowest BCUT2D eigenvalue weighted by molar-refractivity contribution is 0.504. The molecule has 0 amide bonds. The van der Waals surface area contributed by atoms with Crippen molar-refractivity contribution >= 4 is 21.4 Å². The van der Waals surface area contributed by atoms with Gasteiger partial charge in [0.15, 0.2) is 4.21 Å². The van der Waals surface area contributed by atoms with Gasteiger partial charge in [-0.05, 0) is 6.92 Å². The fraction of sp³-hybridized carbons (Fsp3) is 0.375. The summed E-state index contributed by atoms with van der Waals surface area (Å²) in [6, 6.07) is 0. The first-order valence-electron chi connectivity index (χ1n) is 3.99. The van der Waals surface area contributed by atoms with Gasteiger partial charge in [0, 0.05) is 12.7 Å². The van der Waals surface area contributed by atoms with Gasteiger partial charge in [0.1, 0.15) is 0 Å². The van der Waals surface area contributed by atoms with Crippen molar-refractivity contribution in [1.82, 2.24) is 9.29 Å². The van der Waals surface area contributed by atoms with Gasteiger partial charge in [-0.2, -0.15) is 4.31 Å². The Balaban J connectivity index is 3.24. The van der Waals surface area contributed by atoms with Gasteiger partial charge in [-0.3, -0.25) is 4.79 Å². The molecule has 0 saturated heterocycles. The number of hydrogen-bond acceptors (Lipinski definition) is 4. The summed E-state index contributed by atoms with van der Waals surface area (Å²) >= 11 is 0.666. The topological polar surface area (TPSA) is 70.2 Å². The minimum atomic E-state index is -3.63. The third-order valence-electron chi connectivity index (χ3n) is 1.74. The zero-order valence-corrected chi connectivity index (χ0v) is 9.91. The number of thiazole rings is 1. The van der Waals surface area contributed by atoms with Crippen LogP contribution < -0.4 is 4.87 Å². The molecular formula is C8H10N2O3S2. The second-order valence-electron chi connectivity index (χ2n) is 2.89. The van der Waals surface area contributed by atoms with E-state index in [1.165, 1.54) is 14.0 Å². The van der Waals surface area contributed by atoms with E-state index in [-0.39, 0.29) is 15.6 Å². The van der Waals surface area contributed by atoms with Gasteiger partial charge < -0.3 is 4.98 Å². The van der Waals surface area contributed by atoms with Crippen molar-refractivity contribution in [2.24, 2.45) is 0 Å². The predicted octanol–water partition coefficient (Wildman–Crippen LogP) is -0.00148.